The fourth-order valence-electron chi connectivity index (χ4n) is 2.32. The molecular weight excluding hydrogens is 300 g/mol. The average molecular weight is 317 g/mol. The fraction of sp³-hybridized carbons (Fsp3) is 0.667. The van der Waals surface area contributed by atoms with E-state index in [1.807, 2.05) is 11.8 Å². The third-order valence-corrected chi connectivity index (χ3v) is 4.60. The van der Waals surface area contributed by atoms with Crippen LogP contribution in [0.1, 0.15) is 40.4 Å². The Bertz CT molecular complexity index is 394. The molecule has 94 valence electrons. The second kappa shape index (κ2) is 5.96. The Morgan fingerprint density at radius 1 is 1.71 bits per heavy atom. The number of hydrogen-bond donors (Lipinski definition) is 0. The molecule has 2 heterocycles. The second-order valence-electron chi connectivity index (χ2n) is 4.37. The van der Waals surface area contributed by atoms with Crippen LogP contribution in [0.25, 0.3) is 0 Å². The van der Waals surface area contributed by atoms with Gasteiger partial charge in [0.05, 0.1) is 11.2 Å². The largest absolute Gasteiger partial charge is 0.335 e. The van der Waals surface area contributed by atoms with Crippen LogP contribution in [0.5, 0.6) is 0 Å². The summed E-state index contributed by atoms with van der Waals surface area (Å²) < 4.78 is 0. The quantitative estimate of drug-likeness (QED) is 0.799. The van der Waals surface area contributed by atoms with Gasteiger partial charge < -0.3 is 4.90 Å². The molecule has 0 aliphatic carbocycles. The molecule has 1 aromatic heterocycles. The highest BCUT2D eigenvalue weighted by Gasteiger charge is 2.29. The number of amides is 1. The molecule has 0 spiro atoms. The summed E-state index contributed by atoms with van der Waals surface area (Å²) in [6.45, 7) is 2.84. The molecule has 1 amide bonds. The fourth-order valence-corrected chi connectivity index (χ4v) is 3.38. The van der Waals surface area contributed by atoms with Crippen molar-refractivity contribution in [3.8, 4) is 0 Å². The van der Waals surface area contributed by atoms with Crippen LogP contribution in [0, 0.1) is 6.92 Å². The van der Waals surface area contributed by atoms with E-state index in [0.29, 0.717) is 6.04 Å². The molecule has 1 saturated heterocycles. The first-order chi connectivity index (χ1) is 8.22. The molecule has 0 saturated carbocycles. The summed E-state index contributed by atoms with van der Waals surface area (Å²) in [5.41, 5.74) is 0. The van der Waals surface area contributed by atoms with Crippen LogP contribution >= 0.6 is 27.3 Å². The van der Waals surface area contributed by atoms with Gasteiger partial charge >= 0.3 is 0 Å². The number of thiazole rings is 1. The minimum absolute atomic E-state index is 0.174. The zero-order valence-electron chi connectivity index (χ0n) is 9.99. The van der Waals surface area contributed by atoms with Gasteiger partial charge in [-0.15, -0.1) is 11.3 Å². The summed E-state index contributed by atoms with van der Waals surface area (Å²) in [5.74, 6) is 0.174. The van der Waals surface area contributed by atoms with Gasteiger partial charge in [-0.05, 0) is 32.6 Å². The van der Waals surface area contributed by atoms with Gasteiger partial charge in [0.25, 0.3) is 5.91 Å². The minimum Gasteiger partial charge on any atom is -0.335 e. The molecule has 0 N–H and O–H groups in total. The molecule has 2 rings (SSSR count). The van der Waals surface area contributed by atoms with Gasteiger partial charge in [0.1, 0.15) is 4.88 Å². The highest BCUT2D eigenvalue weighted by Crippen LogP contribution is 2.25. The Kier molecular flexibility index (Phi) is 4.56. The standard InChI is InChI=1S/C12H17BrN2OS/c1-9-14-8-11(17-9)12(16)15-7-3-5-10(15)4-2-6-13/h8,10H,2-7H2,1H3. The number of rotatable bonds is 4. The number of alkyl halides is 1. The van der Waals surface area contributed by atoms with E-state index < -0.39 is 0 Å². The molecule has 1 atom stereocenters. The van der Waals surface area contributed by atoms with Crippen molar-refractivity contribution in [2.24, 2.45) is 0 Å². The lowest BCUT2D eigenvalue weighted by atomic mass is 10.1. The van der Waals surface area contributed by atoms with Crippen molar-refractivity contribution in [1.29, 1.82) is 0 Å². The Hall–Kier alpha value is -0.420. The van der Waals surface area contributed by atoms with E-state index in [2.05, 4.69) is 20.9 Å². The zero-order chi connectivity index (χ0) is 12.3. The first kappa shape index (κ1) is 13.0. The van der Waals surface area contributed by atoms with Crippen molar-refractivity contribution in [3.05, 3.63) is 16.1 Å². The van der Waals surface area contributed by atoms with E-state index in [0.717, 1.165) is 47.4 Å². The number of aromatic nitrogens is 1. The van der Waals surface area contributed by atoms with Crippen LogP contribution in [0.15, 0.2) is 6.20 Å². The smallest absolute Gasteiger partial charge is 0.265 e. The monoisotopic (exact) mass is 316 g/mol. The van der Waals surface area contributed by atoms with Crippen molar-refractivity contribution in [2.75, 3.05) is 11.9 Å². The number of carbonyl (C=O) groups is 1. The number of hydrogen-bond acceptors (Lipinski definition) is 3. The third kappa shape index (κ3) is 3.07. The van der Waals surface area contributed by atoms with Crippen LogP contribution in [0.3, 0.4) is 0 Å². The molecule has 1 aliphatic heterocycles. The molecule has 1 aromatic rings. The van der Waals surface area contributed by atoms with E-state index in [1.165, 1.54) is 11.3 Å². The van der Waals surface area contributed by atoms with E-state index in [1.54, 1.807) is 6.20 Å². The summed E-state index contributed by atoms with van der Waals surface area (Å²) in [6, 6.07) is 0.433. The molecule has 17 heavy (non-hydrogen) atoms. The number of halogens is 1. The lowest BCUT2D eigenvalue weighted by molar-refractivity contribution is 0.0735. The van der Waals surface area contributed by atoms with Crippen molar-refractivity contribution < 1.29 is 4.79 Å². The van der Waals surface area contributed by atoms with E-state index in [-0.39, 0.29) is 5.91 Å². The number of carbonyl (C=O) groups excluding carboxylic acids is 1. The van der Waals surface area contributed by atoms with Crippen LogP contribution in [-0.4, -0.2) is 33.7 Å². The first-order valence-corrected chi connectivity index (χ1v) is 7.95. The van der Waals surface area contributed by atoms with E-state index in [4.69, 9.17) is 0 Å². The average Bonchev–Trinajstić information content (AvgIpc) is 2.94. The lowest BCUT2D eigenvalue weighted by Gasteiger charge is -2.23. The Labute approximate surface area is 114 Å². The van der Waals surface area contributed by atoms with E-state index >= 15 is 0 Å². The van der Waals surface area contributed by atoms with Crippen molar-refractivity contribution in [3.63, 3.8) is 0 Å². The van der Waals surface area contributed by atoms with Crippen LogP contribution in [-0.2, 0) is 0 Å². The number of aryl methyl sites for hydroxylation is 1. The second-order valence-corrected chi connectivity index (χ2v) is 6.40. The minimum atomic E-state index is 0.174. The summed E-state index contributed by atoms with van der Waals surface area (Å²) in [7, 11) is 0. The van der Waals surface area contributed by atoms with Crippen LogP contribution in [0.2, 0.25) is 0 Å². The maximum Gasteiger partial charge on any atom is 0.265 e. The van der Waals surface area contributed by atoms with Crippen molar-refractivity contribution in [2.45, 2.75) is 38.6 Å². The van der Waals surface area contributed by atoms with E-state index in [9.17, 15) is 4.79 Å². The maximum atomic E-state index is 12.3. The molecule has 5 heteroatoms. The summed E-state index contributed by atoms with van der Waals surface area (Å²) in [6.07, 6.45) is 6.24. The molecule has 0 radical (unpaired) electrons. The molecule has 1 fully saturated rings. The molecule has 1 unspecified atom stereocenters. The van der Waals surface area contributed by atoms with Crippen LogP contribution < -0.4 is 0 Å². The van der Waals surface area contributed by atoms with Gasteiger partial charge in [-0.3, -0.25) is 4.79 Å². The maximum absolute atomic E-state index is 12.3. The number of likely N-dealkylation sites (tertiary alicyclic amines) is 1. The lowest BCUT2D eigenvalue weighted by Crippen LogP contribution is -2.35. The molecule has 3 nitrogen and oxygen atoms in total. The molecule has 1 aliphatic rings. The van der Waals surface area contributed by atoms with Gasteiger partial charge in [0, 0.05) is 17.9 Å². The van der Waals surface area contributed by atoms with Crippen molar-refractivity contribution >= 4 is 33.2 Å². The SMILES string of the molecule is Cc1ncc(C(=O)N2CCCC2CCCBr)s1. The molecular formula is C12H17BrN2OS. The first-order valence-electron chi connectivity index (χ1n) is 6.01. The Balaban J connectivity index is 2.03. The Morgan fingerprint density at radius 3 is 3.18 bits per heavy atom. The third-order valence-electron chi connectivity index (χ3n) is 3.14. The predicted octanol–water partition coefficient (Wildman–Crippen LogP) is 3.23. The van der Waals surface area contributed by atoms with Gasteiger partial charge in [0.15, 0.2) is 0 Å². The number of nitrogens with zero attached hydrogens (tertiary/aromatic N) is 2. The molecule has 0 bridgehead atoms. The highest BCUT2D eigenvalue weighted by molar-refractivity contribution is 9.09. The predicted molar refractivity (Wildman–Crippen MR) is 73.9 cm³/mol. The normalized spacial score (nSPS) is 19.9. The summed E-state index contributed by atoms with van der Waals surface area (Å²) in [5, 5.41) is 1.98. The summed E-state index contributed by atoms with van der Waals surface area (Å²) in [4.78, 5) is 19.3. The van der Waals surface area contributed by atoms with Crippen molar-refractivity contribution in [1.82, 2.24) is 9.88 Å². The van der Waals surface area contributed by atoms with Gasteiger partial charge in [-0.25, -0.2) is 4.98 Å². The molecule has 0 aromatic carbocycles. The van der Waals surface area contributed by atoms with Gasteiger partial charge in [-0.2, -0.15) is 0 Å². The van der Waals surface area contributed by atoms with Crippen LogP contribution in [0.4, 0.5) is 0 Å². The van der Waals surface area contributed by atoms with Gasteiger partial charge in [-0.1, -0.05) is 15.9 Å². The topological polar surface area (TPSA) is 33.2 Å². The van der Waals surface area contributed by atoms with Gasteiger partial charge in [0.2, 0.25) is 0 Å². The summed E-state index contributed by atoms with van der Waals surface area (Å²) >= 11 is 4.95. The zero-order valence-corrected chi connectivity index (χ0v) is 12.4. The Morgan fingerprint density at radius 2 is 2.53 bits per heavy atom. The highest BCUT2D eigenvalue weighted by atomic mass is 79.9.